The molecule has 0 N–H and O–H groups in total. The van der Waals surface area contributed by atoms with E-state index in [1.807, 2.05) is 0 Å². The monoisotopic (exact) mass is 957 g/mol. The Kier molecular flexibility index (Phi) is 12.7. The number of rotatable bonds is 11. The van der Waals surface area contributed by atoms with Crippen LogP contribution in [-0.4, -0.2) is 5.92 Å². The second-order valence-electron chi connectivity index (χ2n) is 22.4. The van der Waals surface area contributed by atoms with E-state index in [9.17, 15) is 17.0 Å². The zero-order valence-corrected chi connectivity index (χ0v) is 44.7. The number of hydrogen-bond acceptors (Lipinski definition) is 0. The quantitative estimate of drug-likeness (QED) is 0.104. The van der Waals surface area contributed by atoms with E-state index in [-0.39, 0.29) is 28.9 Å². The van der Waals surface area contributed by atoms with Crippen molar-refractivity contribution in [1.82, 2.24) is 0 Å². The number of fused-ring (bicyclic) bond motifs is 2. The molecule has 4 aromatic rings. The van der Waals surface area contributed by atoms with Crippen molar-refractivity contribution in [3.05, 3.63) is 154 Å². The van der Waals surface area contributed by atoms with Crippen LogP contribution >= 0.6 is 17.0 Å². The Morgan fingerprint density at radius 2 is 0.952 bits per heavy atom. The Bertz CT molecular complexity index is 2270. The maximum absolute atomic E-state index is 9.27. The molecular weight excluding hydrogens is 887 g/mol. The van der Waals surface area contributed by atoms with Crippen molar-refractivity contribution < 1.29 is 15.6 Å². The third-order valence-electron chi connectivity index (χ3n) is 16.4. The Labute approximate surface area is 385 Å². The number of halogens is 2. The molecule has 0 fully saturated rings. The fraction of sp³-hybridized carbons (Fsp3) is 0.448. The maximum atomic E-state index is 9.27. The van der Waals surface area contributed by atoms with Gasteiger partial charge in [-0.2, -0.15) is 0 Å². The van der Waals surface area contributed by atoms with E-state index in [1.54, 1.807) is 0 Å². The van der Waals surface area contributed by atoms with Gasteiger partial charge >= 0.3 is 388 Å². The van der Waals surface area contributed by atoms with Crippen LogP contribution in [0.3, 0.4) is 0 Å². The molecule has 8 rings (SSSR count). The molecule has 0 aromatic heterocycles. The van der Waals surface area contributed by atoms with Crippen molar-refractivity contribution in [3.8, 4) is 22.3 Å². The van der Waals surface area contributed by atoms with Crippen molar-refractivity contribution in [2.45, 2.75) is 151 Å². The Hall–Kier alpha value is -2.48. The fourth-order valence-corrected chi connectivity index (χ4v) is 43.4. The van der Waals surface area contributed by atoms with Crippen LogP contribution in [0.4, 0.5) is 0 Å². The summed E-state index contributed by atoms with van der Waals surface area (Å²) in [4.78, 5) is 0. The Morgan fingerprint density at radius 3 is 1.26 bits per heavy atom. The molecule has 0 heterocycles. The molecule has 4 unspecified atom stereocenters. The Balaban J connectivity index is 1.36. The molecule has 0 radical (unpaired) electrons. The van der Waals surface area contributed by atoms with E-state index >= 15 is 0 Å². The molecule has 4 aliphatic rings. The molecule has 4 aromatic carbocycles. The van der Waals surface area contributed by atoms with Gasteiger partial charge in [0.15, 0.2) is 0 Å². The summed E-state index contributed by atoms with van der Waals surface area (Å²) in [5.74, 6) is -1.79. The average Bonchev–Trinajstić information content (AvgIpc) is 3.82. The van der Waals surface area contributed by atoms with Crippen molar-refractivity contribution >= 4 is 35.1 Å². The van der Waals surface area contributed by atoms with E-state index in [0.29, 0.717) is 0 Å². The molecule has 0 amide bonds. The van der Waals surface area contributed by atoms with Gasteiger partial charge < -0.3 is 0 Å². The summed E-state index contributed by atoms with van der Waals surface area (Å²) in [5, 5.41) is 0. The minimum absolute atomic E-state index is 0.0578. The van der Waals surface area contributed by atoms with Crippen molar-refractivity contribution in [1.29, 1.82) is 0 Å². The standard InChI is InChI=1S/2C28H33.C2H7Si.2ClH.Zr/c2*1-5-28(16-7-6-8-17-28)20-21-18-23-10-9-11-25(26(23)19-21)22-12-14-24(15-13-22)27(2,3)4;1-3-2;;;/h2*6-7,9-15,18-19H,5,8,16-17,20H2,1-4H3;3H,1-2H3;2*1H;/q;;;;;+2/p-2. The second-order valence-corrected chi connectivity index (χ2v) is 65.0. The topological polar surface area (TPSA) is 0 Å². The molecule has 4 heteroatoms. The van der Waals surface area contributed by atoms with Crippen molar-refractivity contribution in [3.63, 3.8) is 0 Å². The number of benzene rings is 4. The predicted octanol–water partition coefficient (Wildman–Crippen LogP) is 18.2. The van der Waals surface area contributed by atoms with Gasteiger partial charge in [-0.3, -0.25) is 0 Å². The van der Waals surface area contributed by atoms with Gasteiger partial charge in [-0.25, -0.2) is 0 Å². The van der Waals surface area contributed by atoms with Gasteiger partial charge in [0.1, 0.15) is 0 Å². The molecule has 0 spiro atoms. The van der Waals surface area contributed by atoms with Crippen LogP contribution in [0.5, 0.6) is 0 Å². The van der Waals surface area contributed by atoms with Crippen LogP contribution < -0.4 is 0 Å². The van der Waals surface area contributed by atoms with E-state index < -0.39 is 21.5 Å². The van der Waals surface area contributed by atoms with Crippen molar-refractivity contribution in [2.24, 2.45) is 10.8 Å². The zero-order chi connectivity index (χ0) is 44.3. The summed E-state index contributed by atoms with van der Waals surface area (Å²) in [6.45, 7) is 23.8. The molecule has 62 heavy (non-hydrogen) atoms. The first kappa shape index (κ1) is 46.1. The third-order valence-corrected chi connectivity index (χ3v) is 68.3. The van der Waals surface area contributed by atoms with Gasteiger partial charge in [0.05, 0.1) is 0 Å². The van der Waals surface area contributed by atoms with Gasteiger partial charge in [0.25, 0.3) is 0 Å². The molecule has 0 aliphatic heterocycles. The predicted molar refractivity (Wildman–Crippen MR) is 274 cm³/mol. The summed E-state index contributed by atoms with van der Waals surface area (Å²) in [6.07, 6.45) is 26.4. The van der Waals surface area contributed by atoms with Crippen LogP contribution in [-0.2, 0) is 26.4 Å². The third kappa shape index (κ3) is 8.22. The molecule has 327 valence electrons. The summed E-state index contributed by atoms with van der Waals surface area (Å²) < 4.78 is 0.116. The molecule has 4 atom stereocenters. The summed E-state index contributed by atoms with van der Waals surface area (Å²) in [7, 11) is 18.5. The molecule has 0 saturated heterocycles. The minimum atomic E-state index is -5.17. The van der Waals surface area contributed by atoms with Crippen LogP contribution in [0.25, 0.3) is 34.4 Å². The fourth-order valence-electron chi connectivity index (χ4n) is 12.1. The van der Waals surface area contributed by atoms with Crippen LogP contribution in [0.2, 0.25) is 13.1 Å². The molecule has 0 nitrogen and oxygen atoms in total. The normalized spacial score (nSPS) is 24.4. The van der Waals surface area contributed by atoms with Gasteiger partial charge in [0.2, 0.25) is 0 Å². The first-order valence-electron chi connectivity index (χ1n) is 24.1. The molecule has 4 aliphatic carbocycles. The Morgan fingerprint density at radius 1 is 0.565 bits per heavy atom. The van der Waals surface area contributed by atoms with Gasteiger partial charge in [0, 0.05) is 0 Å². The second kappa shape index (κ2) is 17.1. The van der Waals surface area contributed by atoms with E-state index in [4.69, 9.17) is 0 Å². The molecule has 0 bridgehead atoms. The van der Waals surface area contributed by atoms with Crippen molar-refractivity contribution in [2.75, 3.05) is 0 Å². The molecule has 0 saturated carbocycles. The summed E-state index contributed by atoms with van der Waals surface area (Å²) in [6, 6.07) is 33.0. The van der Waals surface area contributed by atoms with Gasteiger partial charge in [-0.05, 0) is 0 Å². The first-order chi connectivity index (χ1) is 29.3. The number of allylic oxidation sites excluding steroid dienone is 6. The SMILES string of the molecule is CCC1(CC2=Cc3c(-c4ccc(C(C)(C)C)cc4)cccc3[CH]2[Zr]([Cl])([Cl])([CH]2C(CC3(CC)CC=CCC3)=Cc3c(-c4ccc(C(C)(C)C)cc4)cccc32)[SiH](C)C)CC=CCC1. The number of hydrogen-bond donors (Lipinski definition) is 0. The van der Waals surface area contributed by atoms with Crippen LogP contribution in [0.15, 0.2) is 120 Å². The van der Waals surface area contributed by atoms with Gasteiger partial charge in [-0.1, -0.05) is 0 Å². The zero-order valence-electron chi connectivity index (χ0n) is 39.6. The van der Waals surface area contributed by atoms with E-state index in [0.717, 1.165) is 51.4 Å². The summed E-state index contributed by atoms with van der Waals surface area (Å²) in [5.41, 5.74) is 17.1. The average molecular weight is 960 g/mol. The van der Waals surface area contributed by atoms with E-state index in [1.165, 1.54) is 79.6 Å². The van der Waals surface area contributed by atoms with Crippen LogP contribution in [0, 0.1) is 10.8 Å². The van der Waals surface area contributed by atoms with Crippen LogP contribution in [0.1, 0.15) is 160 Å². The molecular formula is C58H73Cl2SiZr. The first-order valence-corrected chi connectivity index (χ1v) is 40.4. The van der Waals surface area contributed by atoms with Gasteiger partial charge in [-0.15, -0.1) is 0 Å². The summed E-state index contributed by atoms with van der Waals surface area (Å²) >= 11 is -5.17. The van der Waals surface area contributed by atoms with E-state index in [2.05, 4.69) is 190 Å².